The number of hydrogen-bond donors (Lipinski definition) is 5. The number of nitrogens with two attached hydrogens (primary N) is 1. The lowest BCUT2D eigenvalue weighted by Gasteiger charge is -2.28. The van der Waals surface area contributed by atoms with Crippen LogP contribution in [0.1, 0.15) is 64.7 Å². The molecule has 65 heavy (non-hydrogen) atoms. The van der Waals surface area contributed by atoms with Gasteiger partial charge in [0.15, 0.2) is 34.5 Å². The first kappa shape index (κ1) is 49.4. The van der Waals surface area contributed by atoms with Crippen molar-refractivity contribution in [2.24, 2.45) is 5.73 Å². The van der Waals surface area contributed by atoms with Crippen LogP contribution in [0.3, 0.4) is 0 Å². The van der Waals surface area contributed by atoms with Gasteiger partial charge in [-0.3, -0.25) is 23.4 Å². The Kier molecular flexibility index (Phi) is 17.0. The Morgan fingerprint density at radius 1 is 0.723 bits per heavy atom. The number of hydrogen-bond acceptors (Lipinski definition) is 15. The summed E-state index contributed by atoms with van der Waals surface area (Å²) in [5, 5.41) is 31.7. The van der Waals surface area contributed by atoms with Gasteiger partial charge < -0.3 is 31.1 Å². The third kappa shape index (κ3) is 12.1. The second kappa shape index (κ2) is 22.3. The average molecular weight is 939 g/mol. The lowest BCUT2D eigenvalue weighted by Crippen LogP contribution is -2.39. The number of fused-ring (bicyclic) bond motifs is 2. The van der Waals surface area contributed by atoms with Gasteiger partial charge in [-0.25, -0.2) is 40.4 Å². The maximum absolute atomic E-state index is 13.0. The van der Waals surface area contributed by atoms with Crippen LogP contribution in [-0.4, -0.2) is 102 Å². The highest BCUT2D eigenvalue weighted by atomic mass is 32.2. The zero-order chi connectivity index (χ0) is 47.3. The number of carbonyl (C=O) groups excluding carboxylic acids is 2. The summed E-state index contributed by atoms with van der Waals surface area (Å²) >= 11 is 0. The molecule has 0 aliphatic carbocycles. The van der Waals surface area contributed by atoms with Crippen molar-refractivity contribution in [3.63, 3.8) is 0 Å². The molecule has 6 aromatic rings. The first-order chi connectivity index (χ1) is 31.1. The van der Waals surface area contributed by atoms with Gasteiger partial charge >= 0.3 is 5.97 Å². The van der Waals surface area contributed by atoms with Crippen molar-refractivity contribution in [3.8, 4) is 11.5 Å². The number of sulfonamides is 2. The number of carbonyl (C=O) groups is 2. The molecule has 4 aromatic heterocycles. The van der Waals surface area contributed by atoms with Gasteiger partial charge in [0.2, 0.25) is 20.0 Å². The normalized spacial score (nSPS) is 15.0. The Bertz CT molecular complexity index is 2840. The maximum Gasteiger partial charge on any atom is 0.360 e. The molecule has 8 rings (SSSR count). The Morgan fingerprint density at radius 3 is 1.58 bits per heavy atom. The highest BCUT2D eigenvalue weighted by Gasteiger charge is 2.33. The van der Waals surface area contributed by atoms with Crippen molar-refractivity contribution in [1.82, 2.24) is 25.3 Å². The average Bonchev–Trinajstić information content (AvgIpc) is 3.30. The number of aromatic nitrogens is 4. The Morgan fingerprint density at radius 2 is 1.15 bits per heavy atom. The third-order valence-corrected chi connectivity index (χ3v) is 13.4. The summed E-state index contributed by atoms with van der Waals surface area (Å²) in [6.07, 6.45) is 5.37. The molecule has 2 saturated heterocycles. The number of halogens is 2. The van der Waals surface area contributed by atoms with Crippen molar-refractivity contribution in [2.75, 3.05) is 46.9 Å². The summed E-state index contributed by atoms with van der Waals surface area (Å²) in [5.41, 5.74) is 6.42. The lowest BCUT2D eigenvalue weighted by molar-refractivity contribution is 0.0590. The van der Waals surface area contributed by atoms with E-state index in [1.165, 1.54) is 57.4 Å². The van der Waals surface area contributed by atoms with E-state index in [2.05, 4.69) is 30.0 Å². The number of esters is 1. The minimum atomic E-state index is -3.59. The second-order valence-corrected chi connectivity index (χ2v) is 18.2. The zero-order valence-corrected chi connectivity index (χ0v) is 37.0. The van der Waals surface area contributed by atoms with Crippen molar-refractivity contribution >= 4 is 65.4 Å². The fraction of sp³-hybridized carbons (Fsp3) is 0.302. The van der Waals surface area contributed by atoms with E-state index in [1.54, 1.807) is 43.3 Å². The molecule has 6 heterocycles. The standard InChI is InChI=1S/C20H19FN4O4S.C14H15N3O5S.C7H8FN.C2H6O/c21-14-7-5-13(6-8-14)12-23-20(27)17-18(26)16-15(4-3-9-22-16)19(24-17)25-10-1-2-11-30(25,28)29;1-22-14(19)11-12(18)10-9(5-4-6-15-10)13(16-11)17-7-2-3-8-23(17,20)21;8-7-3-1-6(5-9)2-4-7;1-2-3/h3-9,26H,1-2,10-12H2,(H,23,27);4-6,18H,2-3,7-8H2,1H3;1-4H,5,9H2;3H,2H2,1H3. The van der Waals surface area contributed by atoms with Crippen molar-refractivity contribution in [2.45, 2.75) is 45.7 Å². The van der Waals surface area contributed by atoms with Crippen LogP contribution in [0.5, 0.6) is 11.5 Å². The summed E-state index contributed by atoms with van der Waals surface area (Å²) in [7, 11) is -5.95. The van der Waals surface area contributed by atoms with E-state index in [4.69, 9.17) is 10.8 Å². The van der Waals surface area contributed by atoms with E-state index >= 15 is 0 Å². The number of amides is 1. The zero-order valence-electron chi connectivity index (χ0n) is 35.4. The van der Waals surface area contributed by atoms with Crippen LogP contribution in [-0.2, 0) is 37.9 Å². The Labute approximate surface area is 373 Å². The molecule has 0 spiro atoms. The molecular weight excluding hydrogens is 891 g/mol. The van der Waals surface area contributed by atoms with Gasteiger partial charge in [-0.1, -0.05) is 24.3 Å². The number of aliphatic hydroxyl groups excluding tert-OH is 1. The van der Waals surface area contributed by atoms with Crippen LogP contribution in [0.2, 0.25) is 0 Å². The number of aromatic hydroxyl groups is 2. The Balaban J connectivity index is 0.000000199. The third-order valence-electron chi connectivity index (χ3n) is 9.71. The molecular formula is C43H48F2N8O10S2. The fourth-order valence-corrected chi connectivity index (χ4v) is 9.73. The monoisotopic (exact) mass is 938 g/mol. The molecule has 0 bridgehead atoms. The van der Waals surface area contributed by atoms with E-state index in [9.17, 15) is 45.4 Å². The first-order valence-corrected chi connectivity index (χ1v) is 23.4. The van der Waals surface area contributed by atoms with Gasteiger partial charge in [-0.2, -0.15) is 0 Å². The van der Waals surface area contributed by atoms with Crippen LogP contribution < -0.4 is 19.7 Å². The minimum absolute atomic E-state index is 0.0105. The highest BCUT2D eigenvalue weighted by molar-refractivity contribution is 7.93. The van der Waals surface area contributed by atoms with Gasteiger partial charge in [-0.05, 0) is 92.3 Å². The van der Waals surface area contributed by atoms with E-state index < -0.39 is 49.2 Å². The minimum Gasteiger partial charge on any atom is -0.504 e. The van der Waals surface area contributed by atoms with E-state index in [-0.39, 0.29) is 77.6 Å². The first-order valence-electron chi connectivity index (χ1n) is 20.2. The molecule has 0 unspecified atom stereocenters. The van der Waals surface area contributed by atoms with Crippen molar-refractivity contribution in [1.29, 1.82) is 0 Å². The van der Waals surface area contributed by atoms with Gasteiger partial charge in [0.05, 0.1) is 18.6 Å². The molecule has 0 radical (unpaired) electrons. The molecule has 346 valence electrons. The quantitative estimate of drug-likeness (QED) is 0.136. The summed E-state index contributed by atoms with van der Waals surface area (Å²) in [6, 6.07) is 18.2. The molecule has 2 fully saturated rings. The predicted molar refractivity (Wildman–Crippen MR) is 239 cm³/mol. The molecule has 0 atom stereocenters. The van der Waals surface area contributed by atoms with Crippen molar-refractivity contribution in [3.05, 3.63) is 119 Å². The van der Waals surface area contributed by atoms with Gasteiger partial charge in [0.25, 0.3) is 5.91 Å². The second-order valence-electron chi connectivity index (χ2n) is 14.2. The van der Waals surface area contributed by atoms with E-state index in [0.717, 1.165) is 12.7 Å². The van der Waals surface area contributed by atoms with Gasteiger partial charge in [-0.15, -0.1) is 0 Å². The molecule has 1 amide bonds. The molecule has 18 nitrogen and oxygen atoms in total. The molecule has 0 saturated carbocycles. The number of pyridine rings is 4. The molecule has 2 aliphatic rings. The summed E-state index contributed by atoms with van der Waals surface area (Å²) < 4.78 is 82.1. The van der Waals surface area contributed by atoms with Gasteiger partial charge in [0, 0.05) is 56.0 Å². The van der Waals surface area contributed by atoms with Crippen molar-refractivity contribution < 1.29 is 55.3 Å². The molecule has 6 N–H and O–H groups in total. The number of anilines is 2. The Hall–Kier alpha value is -6.62. The summed E-state index contributed by atoms with van der Waals surface area (Å²) in [6.45, 7) is 2.99. The lowest BCUT2D eigenvalue weighted by atomic mass is 10.1. The number of nitrogens with zero attached hydrogens (tertiary/aromatic N) is 6. The number of benzene rings is 2. The summed E-state index contributed by atoms with van der Waals surface area (Å²) in [5.74, 6) is -2.84. The number of aliphatic hydroxyl groups is 1. The maximum atomic E-state index is 13.0. The van der Waals surface area contributed by atoms with Crippen LogP contribution in [0, 0.1) is 11.6 Å². The summed E-state index contributed by atoms with van der Waals surface area (Å²) in [4.78, 5) is 41.0. The highest BCUT2D eigenvalue weighted by Crippen LogP contribution is 2.36. The van der Waals surface area contributed by atoms with Crippen LogP contribution in [0.25, 0.3) is 21.8 Å². The fourth-order valence-electron chi connectivity index (χ4n) is 6.53. The number of ether oxygens (including phenoxy) is 1. The van der Waals surface area contributed by atoms with E-state index in [1.807, 2.05) is 0 Å². The SMILES string of the molecule is CCO.COC(=O)c1nc(N2CCCCS2(=O)=O)c2cccnc2c1O.NCc1ccc(F)cc1.O=C(NCc1ccc(F)cc1)c1nc(N2CCCCS2(=O)=O)c2cccnc2c1O. The van der Waals surface area contributed by atoms with Crippen LogP contribution in [0.15, 0.2) is 85.2 Å². The topological polar surface area (TPSA) is 268 Å². The smallest absolute Gasteiger partial charge is 0.360 e. The molecule has 2 aromatic carbocycles. The number of rotatable bonds is 7. The largest absolute Gasteiger partial charge is 0.504 e. The molecule has 2 aliphatic heterocycles. The predicted octanol–water partition coefficient (Wildman–Crippen LogP) is 4.67. The molecule has 22 heteroatoms. The van der Waals surface area contributed by atoms with Crippen LogP contribution >= 0.6 is 0 Å². The van der Waals surface area contributed by atoms with Gasteiger partial charge in [0.1, 0.15) is 22.7 Å². The number of nitrogens with one attached hydrogen (secondary N) is 1. The van der Waals surface area contributed by atoms with E-state index in [0.29, 0.717) is 48.6 Å². The number of methoxy groups -OCH3 is 1. The van der Waals surface area contributed by atoms with Crippen LogP contribution in [0.4, 0.5) is 20.4 Å².